The van der Waals surface area contributed by atoms with Crippen LogP contribution in [0.15, 0.2) is 12.1 Å². The molecule has 1 N–H and O–H groups in total. The predicted octanol–water partition coefficient (Wildman–Crippen LogP) is 5.68. The van der Waals surface area contributed by atoms with Crippen molar-refractivity contribution in [3.63, 3.8) is 0 Å². The highest BCUT2D eigenvalue weighted by atomic mass is 16.2. The van der Waals surface area contributed by atoms with E-state index in [0.717, 1.165) is 55.2 Å². The summed E-state index contributed by atoms with van der Waals surface area (Å²) < 4.78 is 1.77. The van der Waals surface area contributed by atoms with Crippen LogP contribution >= 0.6 is 0 Å². The average molecular weight is 509 g/mol. The number of anilines is 1. The molecule has 2 unspecified atom stereocenters. The maximum Gasteiger partial charge on any atom is 0.272 e. The number of carbonyl (C=O) groups excluding carboxylic acids is 1. The molecule has 2 aliphatic heterocycles. The van der Waals surface area contributed by atoms with E-state index in [2.05, 4.69) is 39.3 Å². The molecular formula is C30H48N6O. The molecule has 37 heavy (non-hydrogen) atoms. The molecule has 2 saturated heterocycles. The quantitative estimate of drug-likeness (QED) is 0.521. The number of aromatic nitrogens is 3. The fourth-order valence-electron chi connectivity index (χ4n) is 6.94. The number of piperidine rings is 1. The van der Waals surface area contributed by atoms with E-state index in [1.807, 2.05) is 7.05 Å². The van der Waals surface area contributed by atoms with E-state index in [9.17, 15) is 4.79 Å². The van der Waals surface area contributed by atoms with Gasteiger partial charge in [-0.05, 0) is 70.0 Å². The van der Waals surface area contributed by atoms with Gasteiger partial charge in [0.2, 0.25) is 0 Å². The lowest BCUT2D eigenvalue weighted by atomic mass is 9.86. The number of hydrogen-bond acceptors (Lipinski definition) is 5. The van der Waals surface area contributed by atoms with Gasteiger partial charge in [0.1, 0.15) is 5.82 Å². The van der Waals surface area contributed by atoms with Gasteiger partial charge in [0.25, 0.3) is 5.91 Å². The number of rotatable bonds is 7. The molecule has 204 valence electrons. The Morgan fingerprint density at radius 3 is 2.46 bits per heavy atom. The Bertz CT molecular complexity index is 1020. The minimum Gasteiger partial charge on any atom is -0.357 e. The van der Waals surface area contributed by atoms with Crippen molar-refractivity contribution in [1.82, 2.24) is 25.0 Å². The Labute approximate surface area is 223 Å². The standard InChI is InChI=1S/C30H48N6O/c1-23-22-25(17-21-35(23)20-11-14-24-12-7-6-8-13-24)31-30(37)28-26-15-16-27(32-29(26)34(2)33-28)36-18-9-4-3-5-10-19-36/h15-16,23-25H,3-14,17-22H2,1-2H3,(H,31,37). The number of amides is 1. The fraction of sp³-hybridized carbons (Fsp3) is 0.767. The zero-order valence-electron chi connectivity index (χ0n) is 23.3. The Balaban J connectivity index is 1.15. The van der Waals surface area contributed by atoms with Gasteiger partial charge in [-0.15, -0.1) is 0 Å². The van der Waals surface area contributed by atoms with E-state index in [-0.39, 0.29) is 11.9 Å². The normalized spacial score (nSPS) is 24.6. The highest BCUT2D eigenvalue weighted by Gasteiger charge is 2.28. The summed E-state index contributed by atoms with van der Waals surface area (Å²) in [5, 5.41) is 8.77. The second-order valence-corrected chi connectivity index (χ2v) is 12.0. The zero-order chi connectivity index (χ0) is 25.6. The van der Waals surface area contributed by atoms with Crippen molar-refractivity contribution >= 4 is 22.8 Å². The van der Waals surface area contributed by atoms with Crippen molar-refractivity contribution in [2.75, 3.05) is 31.1 Å². The smallest absolute Gasteiger partial charge is 0.272 e. The summed E-state index contributed by atoms with van der Waals surface area (Å²) in [5.74, 6) is 1.91. The maximum absolute atomic E-state index is 13.3. The number of carbonyl (C=O) groups is 1. The lowest BCUT2D eigenvalue weighted by Gasteiger charge is -2.38. The first-order chi connectivity index (χ1) is 18.1. The molecule has 0 radical (unpaired) electrons. The van der Waals surface area contributed by atoms with Gasteiger partial charge in [0.15, 0.2) is 11.3 Å². The summed E-state index contributed by atoms with van der Waals surface area (Å²) in [6, 6.07) is 4.85. The van der Waals surface area contributed by atoms with Gasteiger partial charge >= 0.3 is 0 Å². The monoisotopic (exact) mass is 508 g/mol. The van der Waals surface area contributed by atoms with Gasteiger partial charge in [0.05, 0.1) is 5.39 Å². The number of nitrogens with one attached hydrogen (secondary N) is 1. The molecule has 2 aromatic heterocycles. The van der Waals surface area contributed by atoms with Crippen LogP contribution in [0.3, 0.4) is 0 Å². The van der Waals surface area contributed by atoms with E-state index in [1.54, 1.807) is 4.68 Å². The highest BCUT2D eigenvalue weighted by Crippen LogP contribution is 2.28. The van der Waals surface area contributed by atoms with Crippen LogP contribution in [0.5, 0.6) is 0 Å². The van der Waals surface area contributed by atoms with E-state index in [1.165, 1.54) is 83.6 Å². The van der Waals surface area contributed by atoms with Crippen LogP contribution in [-0.4, -0.2) is 63.8 Å². The van der Waals surface area contributed by atoms with Crippen LogP contribution in [0.4, 0.5) is 5.82 Å². The molecule has 1 saturated carbocycles. The molecule has 1 amide bonds. The van der Waals surface area contributed by atoms with Crippen molar-refractivity contribution < 1.29 is 4.79 Å². The highest BCUT2D eigenvalue weighted by molar-refractivity contribution is 6.04. The van der Waals surface area contributed by atoms with E-state index >= 15 is 0 Å². The Morgan fingerprint density at radius 1 is 0.973 bits per heavy atom. The third-order valence-electron chi connectivity index (χ3n) is 9.20. The van der Waals surface area contributed by atoms with Gasteiger partial charge < -0.3 is 15.1 Å². The number of nitrogens with zero attached hydrogens (tertiary/aromatic N) is 5. The minimum atomic E-state index is -0.0608. The largest absolute Gasteiger partial charge is 0.357 e. The SMILES string of the molecule is CC1CC(NC(=O)c2nn(C)c3nc(N4CCCCCCC4)ccc23)CCN1CCCC1CCCCC1. The summed E-state index contributed by atoms with van der Waals surface area (Å²) in [5.41, 5.74) is 1.30. The molecule has 4 heterocycles. The lowest BCUT2D eigenvalue weighted by molar-refractivity contribution is 0.0867. The van der Waals surface area contributed by atoms with Crippen molar-refractivity contribution in [3.05, 3.63) is 17.8 Å². The topological polar surface area (TPSA) is 66.3 Å². The number of fused-ring (bicyclic) bond motifs is 1. The predicted molar refractivity (Wildman–Crippen MR) is 151 cm³/mol. The second-order valence-electron chi connectivity index (χ2n) is 12.0. The molecule has 5 rings (SSSR count). The number of aryl methyl sites for hydroxylation is 1. The number of likely N-dealkylation sites (tertiary alicyclic amines) is 1. The van der Waals surface area contributed by atoms with Crippen LogP contribution < -0.4 is 10.2 Å². The molecule has 0 bridgehead atoms. The molecule has 7 nitrogen and oxygen atoms in total. The van der Waals surface area contributed by atoms with Gasteiger partial charge in [-0.2, -0.15) is 5.10 Å². The van der Waals surface area contributed by atoms with Crippen molar-refractivity contribution in [3.8, 4) is 0 Å². The minimum absolute atomic E-state index is 0.0608. The molecule has 3 aliphatic rings. The van der Waals surface area contributed by atoms with Gasteiger partial charge in [-0.1, -0.05) is 51.4 Å². The van der Waals surface area contributed by atoms with E-state index < -0.39 is 0 Å². The molecule has 2 aromatic rings. The van der Waals surface area contributed by atoms with E-state index in [0.29, 0.717) is 11.7 Å². The maximum atomic E-state index is 13.3. The van der Waals surface area contributed by atoms with Gasteiger partial charge in [-0.3, -0.25) is 4.79 Å². The lowest BCUT2D eigenvalue weighted by Crippen LogP contribution is -2.49. The first kappa shape index (κ1) is 26.5. The molecule has 2 atom stereocenters. The van der Waals surface area contributed by atoms with E-state index in [4.69, 9.17) is 4.98 Å². The van der Waals surface area contributed by atoms with Crippen LogP contribution in [0, 0.1) is 5.92 Å². The molecule has 0 aromatic carbocycles. The summed E-state index contributed by atoms with van der Waals surface area (Å²) in [7, 11) is 1.90. The number of hydrogen-bond donors (Lipinski definition) is 1. The molecule has 7 heteroatoms. The second kappa shape index (κ2) is 12.6. The van der Waals surface area contributed by atoms with Gasteiger partial charge in [0, 0.05) is 38.8 Å². The summed E-state index contributed by atoms with van der Waals surface area (Å²) in [4.78, 5) is 23.3. The third kappa shape index (κ3) is 6.65. The third-order valence-corrected chi connectivity index (χ3v) is 9.20. The Kier molecular flexibility index (Phi) is 9.01. The molecule has 0 spiro atoms. The molecule has 3 fully saturated rings. The summed E-state index contributed by atoms with van der Waals surface area (Å²) >= 11 is 0. The summed E-state index contributed by atoms with van der Waals surface area (Å²) in [6.45, 7) is 6.71. The van der Waals surface area contributed by atoms with Gasteiger partial charge in [-0.25, -0.2) is 9.67 Å². The first-order valence-electron chi connectivity index (χ1n) is 15.2. The number of pyridine rings is 1. The van der Waals surface area contributed by atoms with Crippen LogP contribution in [-0.2, 0) is 7.05 Å². The van der Waals surface area contributed by atoms with Crippen molar-refractivity contribution in [2.45, 2.75) is 109 Å². The van der Waals surface area contributed by atoms with Crippen LogP contribution in [0.1, 0.15) is 107 Å². The van der Waals surface area contributed by atoms with Crippen molar-refractivity contribution in [2.24, 2.45) is 13.0 Å². The molecular weight excluding hydrogens is 460 g/mol. The first-order valence-corrected chi connectivity index (χ1v) is 15.2. The Morgan fingerprint density at radius 2 is 1.70 bits per heavy atom. The fourth-order valence-corrected chi connectivity index (χ4v) is 6.94. The zero-order valence-corrected chi connectivity index (χ0v) is 23.3. The van der Waals surface area contributed by atoms with Crippen LogP contribution in [0.25, 0.3) is 11.0 Å². The summed E-state index contributed by atoms with van der Waals surface area (Å²) in [6.07, 6.45) is 18.3. The van der Waals surface area contributed by atoms with Crippen LogP contribution in [0.2, 0.25) is 0 Å². The Hall–Kier alpha value is -2.15. The molecule has 1 aliphatic carbocycles. The van der Waals surface area contributed by atoms with Crippen molar-refractivity contribution in [1.29, 1.82) is 0 Å². The average Bonchev–Trinajstić information content (AvgIpc) is 3.22.